The summed E-state index contributed by atoms with van der Waals surface area (Å²) in [6, 6.07) is 53.1. The highest BCUT2D eigenvalue weighted by molar-refractivity contribution is 6.10. The van der Waals surface area contributed by atoms with Gasteiger partial charge in [0.1, 0.15) is 0 Å². The van der Waals surface area contributed by atoms with Gasteiger partial charge in [-0.25, -0.2) is 0 Å². The third-order valence-corrected chi connectivity index (χ3v) is 14.4. The summed E-state index contributed by atoms with van der Waals surface area (Å²) in [6.07, 6.45) is 10.6. The molecule has 0 radical (unpaired) electrons. The number of fused-ring (bicyclic) bond motifs is 7. The van der Waals surface area contributed by atoms with E-state index < -0.39 is 0 Å². The lowest BCUT2D eigenvalue weighted by atomic mass is 9.43. The zero-order chi connectivity index (χ0) is 34.8. The van der Waals surface area contributed by atoms with Gasteiger partial charge in [0.05, 0.1) is 11.0 Å². The van der Waals surface area contributed by atoms with Crippen LogP contribution in [0.15, 0.2) is 145 Å². The van der Waals surface area contributed by atoms with E-state index in [0.717, 1.165) is 30.1 Å². The molecule has 0 amide bonds. The molecular formula is C51H44N2. The molecule has 1 atom stereocenters. The van der Waals surface area contributed by atoms with Crippen molar-refractivity contribution in [3.8, 4) is 16.8 Å². The number of hydrogen-bond donors (Lipinski definition) is 0. The fraction of sp³-hybridized carbons (Fsp3) is 0.255. The fourth-order valence-electron chi connectivity index (χ4n) is 12.6. The molecule has 0 aliphatic heterocycles. The molecule has 1 aromatic heterocycles. The first kappa shape index (κ1) is 30.2. The third kappa shape index (κ3) is 4.15. The maximum atomic E-state index is 2.60. The minimum atomic E-state index is 0.179. The molecule has 1 spiro atoms. The van der Waals surface area contributed by atoms with Gasteiger partial charge < -0.3 is 9.47 Å². The van der Waals surface area contributed by atoms with E-state index in [1.807, 2.05) is 0 Å². The average Bonchev–Trinajstić information content (AvgIpc) is 3.67. The number of anilines is 2. The van der Waals surface area contributed by atoms with Gasteiger partial charge in [0.15, 0.2) is 0 Å². The second-order valence-electron chi connectivity index (χ2n) is 17.0. The highest BCUT2D eigenvalue weighted by Gasteiger charge is 2.61. The van der Waals surface area contributed by atoms with E-state index in [1.165, 1.54) is 98.9 Å². The Morgan fingerprint density at radius 3 is 2.08 bits per heavy atom. The molecule has 7 aromatic rings. The Hall–Kier alpha value is -5.34. The number of aromatic nitrogens is 1. The van der Waals surface area contributed by atoms with Crippen molar-refractivity contribution in [1.29, 1.82) is 0 Å². The van der Waals surface area contributed by atoms with Gasteiger partial charge >= 0.3 is 0 Å². The number of benzene rings is 6. The lowest BCUT2D eigenvalue weighted by molar-refractivity contribution is -0.0399. The number of allylic oxidation sites excluding steroid dienone is 1. The summed E-state index contributed by atoms with van der Waals surface area (Å²) in [5, 5.41) is 2.58. The summed E-state index contributed by atoms with van der Waals surface area (Å²) in [4.78, 5) is 2.60. The molecule has 2 nitrogen and oxygen atoms in total. The molecule has 53 heavy (non-hydrogen) atoms. The van der Waals surface area contributed by atoms with E-state index in [4.69, 9.17) is 0 Å². The van der Waals surface area contributed by atoms with E-state index >= 15 is 0 Å². The van der Waals surface area contributed by atoms with Crippen molar-refractivity contribution in [1.82, 2.24) is 4.57 Å². The van der Waals surface area contributed by atoms with Gasteiger partial charge in [0.2, 0.25) is 0 Å². The van der Waals surface area contributed by atoms with Crippen LogP contribution in [0.5, 0.6) is 0 Å². The number of para-hydroxylation sites is 2. The molecule has 4 fully saturated rings. The Morgan fingerprint density at radius 1 is 0.566 bits per heavy atom. The van der Waals surface area contributed by atoms with Gasteiger partial charge in [-0.3, -0.25) is 0 Å². The molecular weight excluding hydrogens is 641 g/mol. The van der Waals surface area contributed by atoms with Crippen LogP contribution in [-0.4, -0.2) is 4.57 Å². The molecule has 1 unspecified atom stereocenters. The molecule has 2 heteroatoms. The number of nitrogens with zero attached hydrogens (tertiary/aromatic N) is 2. The Kier molecular flexibility index (Phi) is 6.31. The molecule has 258 valence electrons. The molecule has 6 aliphatic rings. The summed E-state index contributed by atoms with van der Waals surface area (Å²) in [5.74, 6) is 3.86. The van der Waals surface area contributed by atoms with Gasteiger partial charge in [0.25, 0.3) is 0 Å². The maximum absolute atomic E-state index is 2.60. The van der Waals surface area contributed by atoms with Crippen LogP contribution >= 0.6 is 0 Å². The summed E-state index contributed by atoms with van der Waals surface area (Å²) < 4.78 is 2.42. The Morgan fingerprint density at radius 2 is 1.23 bits per heavy atom. The first-order valence-electron chi connectivity index (χ1n) is 20.1. The van der Waals surface area contributed by atoms with Crippen LogP contribution in [0.2, 0.25) is 0 Å². The predicted molar refractivity (Wildman–Crippen MR) is 220 cm³/mol. The lowest BCUT2D eigenvalue weighted by Gasteiger charge is -2.61. The second kappa shape index (κ2) is 11.1. The Bertz CT molecular complexity index is 2610. The van der Waals surface area contributed by atoms with Gasteiger partial charge in [0, 0.05) is 38.9 Å². The average molecular weight is 685 g/mol. The Labute approximate surface area is 312 Å². The standard InChI is InChI=1S/C51H44N2/c1-32-23-41(29-35-11-5-6-14-42(32)35)52(40-20-22-50-46(31-40)44-16-8-10-18-49(44)53(50)38-12-3-2-4-13-38)39-19-21-48-45(30-39)43-15-7-9-17-47(43)51(48)36-25-33-24-34(27-36)28-37(51)26-33/h2-22,29-34,36-37H,23-28H2,1H3. The van der Waals surface area contributed by atoms with Crippen molar-refractivity contribution in [3.05, 3.63) is 167 Å². The van der Waals surface area contributed by atoms with Crippen LogP contribution in [0.1, 0.15) is 73.6 Å². The second-order valence-corrected chi connectivity index (χ2v) is 17.0. The van der Waals surface area contributed by atoms with E-state index in [9.17, 15) is 0 Å². The van der Waals surface area contributed by atoms with Crippen molar-refractivity contribution < 1.29 is 0 Å². The van der Waals surface area contributed by atoms with Crippen LogP contribution in [-0.2, 0) is 5.41 Å². The minimum Gasteiger partial charge on any atom is -0.314 e. The molecule has 4 bridgehead atoms. The molecule has 0 saturated heterocycles. The van der Waals surface area contributed by atoms with Gasteiger partial charge in [-0.2, -0.15) is 0 Å². The van der Waals surface area contributed by atoms with Crippen LogP contribution in [0.3, 0.4) is 0 Å². The van der Waals surface area contributed by atoms with E-state index in [-0.39, 0.29) is 5.41 Å². The first-order valence-corrected chi connectivity index (χ1v) is 20.1. The minimum absolute atomic E-state index is 0.179. The van der Waals surface area contributed by atoms with Crippen molar-refractivity contribution in [2.45, 2.75) is 56.8 Å². The van der Waals surface area contributed by atoms with Gasteiger partial charge in [-0.15, -0.1) is 0 Å². The molecule has 4 saturated carbocycles. The zero-order valence-electron chi connectivity index (χ0n) is 30.4. The third-order valence-electron chi connectivity index (χ3n) is 14.4. The fourth-order valence-corrected chi connectivity index (χ4v) is 12.6. The maximum Gasteiger partial charge on any atom is 0.0542 e. The summed E-state index contributed by atoms with van der Waals surface area (Å²) in [6.45, 7) is 2.40. The predicted octanol–water partition coefficient (Wildman–Crippen LogP) is 13.2. The van der Waals surface area contributed by atoms with Crippen LogP contribution in [0, 0.1) is 23.7 Å². The monoisotopic (exact) mass is 684 g/mol. The topological polar surface area (TPSA) is 8.17 Å². The van der Waals surface area contributed by atoms with E-state index in [0.29, 0.717) is 5.92 Å². The quantitative estimate of drug-likeness (QED) is 0.179. The highest BCUT2D eigenvalue weighted by atomic mass is 15.2. The van der Waals surface area contributed by atoms with Crippen molar-refractivity contribution in [2.75, 3.05) is 4.90 Å². The van der Waals surface area contributed by atoms with Crippen molar-refractivity contribution in [2.24, 2.45) is 23.7 Å². The molecule has 1 heterocycles. The summed E-state index contributed by atoms with van der Waals surface area (Å²) in [7, 11) is 0. The van der Waals surface area contributed by atoms with Crippen LogP contribution in [0.4, 0.5) is 11.4 Å². The Balaban J connectivity index is 1.08. The van der Waals surface area contributed by atoms with Crippen LogP contribution in [0.25, 0.3) is 44.7 Å². The SMILES string of the molecule is CC1CC(N(c2ccc3c(c2)-c2ccccc2C32C3CC4CC(C3)CC2C4)c2ccc3c(c2)c2ccccc2n3-c2ccccc2)=Cc2ccccc21. The molecule has 0 N–H and O–H groups in total. The summed E-state index contributed by atoms with van der Waals surface area (Å²) in [5.41, 5.74) is 16.7. The normalized spacial score (nSPS) is 26.1. The lowest BCUT2D eigenvalue weighted by Crippen LogP contribution is -2.55. The number of rotatable bonds is 4. The number of hydrogen-bond acceptors (Lipinski definition) is 1. The van der Waals surface area contributed by atoms with E-state index in [1.54, 1.807) is 11.1 Å². The highest BCUT2D eigenvalue weighted by Crippen LogP contribution is 2.69. The largest absolute Gasteiger partial charge is 0.314 e. The smallest absolute Gasteiger partial charge is 0.0542 e. The summed E-state index contributed by atoms with van der Waals surface area (Å²) >= 11 is 0. The molecule has 6 aromatic carbocycles. The van der Waals surface area contributed by atoms with Crippen LogP contribution < -0.4 is 4.90 Å². The first-order chi connectivity index (χ1) is 26.1. The van der Waals surface area contributed by atoms with Gasteiger partial charge in [-0.05, 0) is 156 Å². The van der Waals surface area contributed by atoms with Gasteiger partial charge in [-0.1, -0.05) is 97.9 Å². The molecule has 13 rings (SSSR count). The molecule has 6 aliphatic carbocycles. The van der Waals surface area contributed by atoms with E-state index in [2.05, 4.69) is 162 Å². The zero-order valence-corrected chi connectivity index (χ0v) is 30.4. The van der Waals surface area contributed by atoms with Crippen molar-refractivity contribution >= 4 is 39.3 Å². The van der Waals surface area contributed by atoms with Crippen molar-refractivity contribution in [3.63, 3.8) is 0 Å².